The first-order valence-electron chi connectivity index (χ1n) is 5.97. The van der Waals surface area contributed by atoms with Crippen molar-refractivity contribution < 1.29 is 4.79 Å². The van der Waals surface area contributed by atoms with E-state index >= 15 is 0 Å². The Bertz CT molecular complexity index is 188. The topological polar surface area (TPSA) is 46.3 Å². The van der Waals surface area contributed by atoms with Crippen molar-refractivity contribution in [1.82, 2.24) is 4.90 Å². The fourth-order valence-corrected chi connectivity index (χ4v) is 1.54. The van der Waals surface area contributed by atoms with Gasteiger partial charge >= 0.3 is 0 Å². The lowest BCUT2D eigenvalue weighted by atomic mass is 9.86. The van der Waals surface area contributed by atoms with Crippen molar-refractivity contribution in [3.05, 3.63) is 0 Å². The van der Waals surface area contributed by atoms with E-state index in [0.29, 0.717) is 6.54 Å². The van der Waals surface area contributed by atoms with Gasteiger partial charge in [0, 0.05) is 20.1 Å². The van der Waals surface area contributed by atoms with Gasteiger partial charge in [0.05, 0.1) is 5.41 Å². The zero-order valence-electron chi connectivity index (χ0n) is 10.7. The monoisotopic (exact) mass is 214 g/mol. The van der Waals surface area contributed by atoms with Crippen molar-refractivity contribution in [3.8, 4) is 0 Å². The fraction of sp³-hybridized carbons (Fsp3) is 0.917. The molecule has 0 aromatic heterocycles. The summed E-state index contributed by atoms with van der Waals surface area (Å²) < 4.78 is 0. The SMILES string of the molecule is CCCCCN(C)C(=O)C(C)(CC)CN. The summed E-state index contributed by atoms with van der Waals surface area (Å²) in [5, 5.41) is 0. The van der Waals surface area contributed by atoms with Crippen LogP contribution in [0.5, 0.6) is 0 Å². The van der Waals surface area contributed by atoms with Crippen LogP contribution in [0.3, 0.4) is 0 Å². The summed E-state index contributed by atoms with van der Waals surface area (Å²) in [6.07, 6.45) is 4.26. The molecule has 15 heavy (non-hydrogen) atoms. The Morgan fingerprint density at radius 2 is 1.93 bits per heavy atom. The number of carbonyl (C=O) groups excluding carboxylic acids is 1. The van der Waals surface area contributed by atoms with Crippen molar-refractivity contribution in [1.29, 1.82) is 0 Å². The minimum Gasteiger partial charge on any atom is -0.345 e. The fourth-order valence-electron chi connectivity index (χ4n) is 1.54. The van der Waals surface area contributed by atoms with Crippen molar-refractivity contribution in [2.45, 2.75) is 46.5 Å². The van der Waals surface area contributed by atoms with Gasteiger partial charge in [-0.2, -0.15) is 0 Å². The van der Waals surface area contributed by atoms with Gasteiger partial charge in [-0.25, -0.2) is 0 Å². The summed E-state index contributed by atoms with van der Waals surface area (Å²) in [5.41, 5.74) is 5.29. The van der Waals surface area contributed by atoms with E-state index in [1.165, 1.54) is 12.8 Å². The molecule has 3 nitrogen and oxygen atoms in total. The lowest BCUT2D eigenvalue weighted by Gasteiger charge is -2.30. The second kappa shape index (κ2) is 6.83. The molecule has 0 aromatic rings. The van der Waals surface area contributed by atoms with Crippen LogP contribution in [0.2, 0.25) is 0 Å². The van der Waals surface area contributed by atoms with E-state index in [-0.39, 0.29) is 11.3 Å². The minimum absolute atomic E-state index is 0.184. The molecule has 0 radical (unpaired) electrons. The zero-order valence-corrected chi connectivity index (χ0v) is 10.7. The molecule has 0 saturated heterocycles. The number of carbonyl (C=O) groups is 1. The van der Waals surface area contributed by atoms with E-state index in [2.05, 4.69) is 6.92 Å². The lowest BCUT2D eigenvalue weighted by Crippen LogP contribution is -2.44. The predicted octanol–water partition coefficient (Wildman–Crippen LogP) is 2.01. The number of hydrogen-bond donors (Lipinski definition) is 1. The van der Waals surface area contributed by atoms with Crippen molar-refractivity contribution in [3.63, 3.8) is 0 Å². The maximum atomic E-state index is 12.1. The van der Waals surface area contributed by atoms with E-state index in [4.69, 9.17) is 5.73 Å². The van der Waals surface area contributed by atoms with E-state index < -0.39 is 0 Å². The molecule has 0 aliphatic heterocycles. The van der Waals surface area contributed by atoms with Crippen LogP contribution in [0.15, 0.2) is 0 Å². The van der Waals surface area contributed by atoms with Crippen LogP contribution in [0.1, 0.15) is 46.5 Å². The molecule has 0 fully saturated rings. The van der Waals surface area contributed by atoms with E-state index in [0.717, 1.165) is 19.4 Å². The highest BCUT2D eigenvalue weighted by Gasteiger charge is 2.31. The van der Waals surface area contributed by atoms with E-state index in [9.17, 15) is 4.79 Å². The molecule has 0 saturated carbocycles. The predicted molar refractivity (Wildman–Crippen MR) is 64.6 cm³/mol. The summed E-state index contributed by atoms with van der Waals surface area (Å²) in [6, 6.07) is 0. The zero-order chi connectivity index (χ0) is 11.9. The summed E-state index contributed by atoms with van der Waals surface area (Å²) in [7, 11) is 1.88. The molecule has 0 aliphatic carbocycles. The van der Waals surface area contributed by atoms with Gasteiger partial charge in [0.2, 0.25) is 5.91 Å². The van der Waals surface area contributed by atoms with Crippen LogP contribution in [0.4, 0.5) is 0 Å². The van der Waals surface area contributed by atoms with Gasteiger partial charge in [0.15, 0.2) is 0 Å². The number of nitrogens with two attached hydrogens (primary N) is 1. The normalized spacial score (nSPS) is 14.7. The van der Waals surface area contributed by atoms with Gasteiger partial charge in [0.25, 0.3) is 0 Å². The molecule has 0 aromatic carbocycles. The van der Waals surface area contributed by atoms with Gasteiger partial charge < -0.3 is 10.6 Å². The molecular formula is C12H26N2O. The average Bonchev–Trinajstić information content (AvgIpc) is 2.27. The smallest absolute Gasteiger partial charge is 0.229 e. The van der Waals surface area contributed by atoms with Crippen LogP contribution >= 0.6 is 0 Å². The molecule has 0 aliphatic rings. The lowest BCUT2D eigenvalue weighted by molar-refractivity contribution is -0.139. The molecular weight excluding hydrogens is 188 g/mol. The van der Waals surface area contributed by atoms with E-state index in [1.807, 2.05) is 25.8 Å². The van der Waals surface area contributed by atoms with Crippen LogP contribution in [-0.4, -0.2) is 30.9 Å². The van der Waals surface area contributed by atoms with Gasteiger partial charge in [-0.15, -0.1) is 0 Å². The molecule has 0 bridgehead atoms. The molecule has 0 heterocycles. The maximum Gasteiger partial charge on any atom is 0.229 e. The Morgan fingerprint density at radius 3 is 2.33 bits per heavy atom. The van der Waals surface area contributed by atoms with Crippen LogP contribution in [0, 0.1) is 5.41 Å². The van der Waals surface area contributed by atoms with Gasteiger partial charge in [0.1, 0.15) is 0 Å². The third kappa shape index (κ3) is 4.20. The molecule has 2 N–H and O–H groups in total. The summed E-state index contributed by atoms with van der Waals surface area (Å²) >= 11 is 0. The Hall–Kier alpha value is -0.570. The van der Waals surface area contributed by atoms with Crippen LogP contribution in [0.25, 0.3) is 0 Å². The molecule has 1 atom stereocenters. The third-order valence-electron chi connectivity index (χ3n) is 3.19. The first-order chi connectivity index (χ1) is 7.01. The molecule has 90 valence electrons. The number of amides is 1. The molecule has 1 unspecified atom stereocenters. The molecule has 1 amide bonds. The molecule has 0 spiro atoms. The average molecular weight is 214 g/mol. The third-order valence-corrected chi connectivity index (χ3v) is 3.19. The maximum absolute atomic E-state index is 12.1. The van der Waals surface area contributed by atoms with Crippen molar-refractivity contribution >= 4 is 5.91 Å². The van der Waals surface area contributed by atoms with E-state index in [1.54, 1.807) is 0 Å². The highest BCUT2D eigenvalue weighted by Crippen LogP contribution is 2.22. The summed E-state index contributed by atoms with van der Waals surface area (Å²) in [5.74, 6) is 0.184. The summed E-state index contributed by atoms with van der Waals surface area (Å²) in [4.78, 5) is 13.9. The van der Waals surface area contributed by atoms with Crippen molar-refractivity contribution in [2.75, 3.05) is 20.1 Å². The number of unbranched alkanes of at least 4 members (excludes halogenated alkanes) is 2. The van der Waals surface area contributed by atoms with Gasteiger partial charge in [-0.3, -0.25) is 4.79 Å². The number of rotatable bonds is 7. The number of hydrogen-bond acceptors (Lipinski definition) is 2. The van der Waals surface area contributed by atoms with Crippen LogP contribution < -0.4 is 5.73 Å². The Balaban J connectivity index is 4.17. The Morgan fingerprint density at radius 1 is 1.33 bits per heavy atom. The van der Waals surface area contributed by atoms with Crippen LogP contribution in [-0.2, 0) is 4.79 Å². The minimum atomic E-state index is -0.374. The second-order valence-corrected chi connectivity index (χ2v) is 4.55. The van der Waals surface area contributed by atoms with Gasteiger partial charge in [-0.05, 0) is 19.8 Å². The van der Waals surface area contributed by atoms with Crippen molar-refractivity contribution in [2.24, 2.45) is 11.1 Å². The highest BCUT2D eigenvalue weighted by molar-refractivity contribution is 5.82. The summed E-state index contributed by atoms with van der Waals surface area (Å²) in [6.45, 7) is 7.41. The Kier molecular flexibility index (Phi) is 6.57. The largest absolute Gasteiger partial charge is 0.345 e. The highest BCUT2D eigenvalue weighted by atomic mass is 16.2. The Labute approximate surface area is 94.0 Å². The van der Waals surface area contributed by atoms with Gasteiger partial charge in [-0.1, -0.05) is 26.7 Å². The first-order valence-corrected chi connectivity index (χ1v) is 5.97. The second-order valence-electron chi connectivity index (χ2n) is 4.55. The number of nitrogens with zero attached hydrogens (tertiary/aromatic N) is 1. The molecule has 0 rings (SSSR count). The molecule has 3 heteroatoms. The quantitative estimate of drug-likeness (QED) is 0.659. The standard InChI is InChI=1S/C12H26N2O/c1-5-7-8-9-14(4)11(15)12(3,6-2)10-13/h5-10,13H2,1-4H3. The first kappa shape index (κ1) is 14.4.